The summed E-state index contributed by atoms with van der Waals surface area (Å²) in [7, 11) is 0. The molecule has 1 aromatic rings. The van der Waals surface area contributed by atoms with Crippen LogP contribution in [0.15, 0.2) is 12.4 Å². The van der Waals surface area contributed by atoms with Crippen LogP contribution in [0.5, 0.6) is 0 Å². The van der Waals surface area contributed by atoms with Gasteiger partial charge >= 0.3 is 5.97 Å². The van der Waals surface area contributed by atoms with Crippen molar-refractivity contribution in [2.75, 3.05) is 0 Å². The van der Waals surface area contributed by atoms with Crippen molar-refractivity contribution < 1.29 is 23.1 Å². The van der Waals surface area contributed by atoms with Gasteiger partial charge in [-0.25, -0.2) is 18.0 Å². The van der Waals surface area contributed by atoms with Gasteiger partial charge in [-0.05, 0) is 0 Å². The van der Waals surface area contributed by atoms with Gasteiger partial charge in [0, 0.05) is 0 Å². The van der Waals surface area contributed by atoms with Crippen LogP contribution in [-0.4, -0.2) is 16.1 Å². The van der Waals surface area contributed by atoms with Gasteiger partial charge in [0.05, 0.1) is 18.0 Å². The number of pyridine rings is 1. The number of rotatable bonds is 2. The maximum atomic E-state index is 12.7. The number of halogens is 3. The molecule has 1 unspecified atom stereocenters. The van der Waals surface area contributed by atoms with Gasteiger partial charge in [0.15, 0.2) is 11.6 Å². The summed E-state index contributed by atoms with van der Waals surface area (Å²) in [6, 6.07) is 0. The Morgan fingerprint density at radius 2 is 1.85 bits per heavy atom. The average molecular weight is 191 g/mol. The van der Waals surface area contributed by atoms with E-state index in [2.05, 4.69) is 4.98 Å². The van der Waals surface area contributed by atoms with Crippen molar-refractivity contribution in [3.05, 3.63) is 29.6 Å². The molecule has 1 aromatic heterocycles. The first kappa shape index (κ1) is 9.50. The van der Waals surface area contributed by atoms with Crippen molar-refractivity contribution in [2.24, 2.45) is 0 Å². The number of carboxylic acids is 1. The third-order valence-corrected chi connectivity index (χ3v) is 1.36. The first-order valence-corrected chi connectivity index (χ1v) is 3.20. The smallest absolute Gasteiger partial charge is 0.343 e. The summed E-state index contributed by atoms with van der Waals surface area (Å²) in [5.74, 6) is -4.56. The van der Waals surface area contributed by atoms with Crippen LogP contribution in [0.2, 0.25) is 0 Å². The average Bonchev–Trinajstić information content (AvgIpc) is 2.03. The highest BCUT2D eigenvalue weighted by molar-refractivity contribution is 5.74. The Morgan fingerprint density at radius 1 is 1.38 bits per heavy atom. The zero-order valence-electron chi connectivity index (χ0n) is 6.17. The number of nitrogens with zero attached hydrogens (tertiary/aromatic N) is 1. The molecular weight excluding hydrogens is 187 g/mol. The number of aromatic nitrogens is 1. The van der Waals surface area contributed by atoms with Gasteiger partial charge in [0.25, 0.3) is 0 Å². The van der Waals surface area contributed by atoms with Crippen LogP contribution >= 0.6 is 0 Å². The van der Waals surface area contributed by atoms with Gasteiger partial charge in [-0.3, -0.25) is 4.98 Å². The van der Waals surface area contributed by atoms with Gasteiger partial charge in [-0.2, -0.15) is 0 Å². The van der Waals surface area contributed by atoms with Gasteiger partial charge in [-0.1, -0.05) is 0 Å². The van der Waals surface area contributed by atoms with Crippen molar-refractivity contribution in [3.63, 3.8) is 0 Å². The second-order valence-electron chi connectivity index (χ2n) is 2.22. The lowest BCUT2D eigenvalue weighted by Gasteiger charge is -2.04. The van der Waals surface area contributed by atoms with E-state index in [0.29, 0.717) is 12.4 Å². The van der Waals surface area contributed by atoms with E-state index in [9.17, 15) is 18.0 Å². The summed E-state index contributed by atoms with van der Waals surface area (Å²) in [6.07, 6.45) is -1.61. The molecule has 0 fully saturated rings. The van der Waals surface area contributed by atoms with Crippen molar-refractivity contribution in [1.82, 2.24) is 4.98 Å². The minimum absolute atomic E-state index is 0.550. The number of carbonyl (C=O) groups is 1. The summed E-state index contributed by atoms with van der Waals surface area (Å²) in [5.41, 5.74) is -1.12. The fourth-order valence-electron chi connectivity index (χ4n) is 0.787. The largest absolute Gasteiger partial charge is 0.479 e. The standard InChI is InChI=1S/C7H4F3NO2/c8-3-1-11-2-4(9)5(3)6(10)7(12)13/h1-2,6H,(H,12,13). The Kier molecular flexibility index (Phi) is 2.50. The molecule has 0 amide bonds. The molecule has 3 nitrogen and oxygen atoms in total. The van der Waals surface area contributed by atoms with E-state index >= 15 is 0 Å². The van der Waals surface area contributed by atoms with Crippen molar-refractivity contribution >= 4 is 5.97 Å². The molecule has 0 saturated heterocycles. The normalized spacial score (nSPS) is 12.5. The quantitative estimate of drug-likeness (QED) is 0.769. The molecule has 0 aliphatic heterocycles. The molecule has 0 aromatic carbocycles. The van der Waals surface area contributed by atoms with Crippen LogP contribution in [0.3, 0.4) is 0 Å². The SMILES string of the molecule is O=C(O)C(F)c1c(F)cncc1F. The number of hydrogen-bond acceptors (Lipinski definition) is 2. The lowest BCUT2D eigenvalue weighted by Crippen LogP contribution is -2.10. The molecular formula is C7H4F3NO2. The Bertz CT molecular complexity index is 322. The summed E-state index contributed by atoms with van der Waals surface area (Å²) in [5, 5.41) is 8.16. The molecule has 1 heterocycles. The molecule has 0 aliphatic carbocycles. The van der Waals surface area contributed by atoms with E-state index in [1.165, 1.54) is 0 Å². The number of aliphatic carboxylic acids is 1. The Labute approximate surface area is 70.8 Å². The molecule has 0 bridgehead atoms. The maximum absolute atomic E-state index is 12.7. The van der Waals surface area contributed by atoms with Crippen LogP contribution < -0.4 is 0 Å². The molecule has 0 aliphatic rings. The van der Waals surface area contributed by atoms with Gasteiger partial charge in [0.1, 0.15) is 0 Å². The Balaban J connectivity index is 3.20. The number of hydrogen-bond donors (Lipinski definition) is 1. The molecule has 1 rings (SSSR count). The van der Waals surface area contributed by atoms with Crippen molar-refractivity contribution in [3.8, 4) is 0 Å². The maximum Gasteiger partial charge on any atom is 0.343 e. The van der Waals surface area contributed by atoms with E-state index in [-0.39, 0.29) is 0 Å². The van der Waals surface area contributed by atoms with E-state index in [4.69, 9.17) is 5.11 Å². The minimum atomic E-state index is -2.71. The zero-order chi connectivity index (χ0) is 10.0. The van der Waals surface area contributed by atoms with E-state index in [1.807, 2.05) is 0 Å². The second kappa shape index (κ2) is 3.42. The Hall–Kier alpha value is -1.59. The molecule has 1 atom stereocenters. The van der Waals surface area contributed by atoms with Crippen LogP contribution in [0, 0.1) is 11.6 Å². The topological polar surface area (TPSA) is 50.2 Å². The highest BCUT2D eigenvalue weighted by Gasteiger charge is 2.26. The highest BCUT2D eigenvalue weighted by Crippen LogP contribution is 2.22. The molecule has 0 saturated carbocycles. The van der Waals surface area contributed by atoms with E-state index < -0.39 is 29.3 Å². The number of alkyl halides is 1. The molecule has 0 spiro atoms. The Morgan fingerprint density at radius 3 is 2.23 bits per heavy atom. The molecule has 0 radical (unpaired) electrons. The number of carboxylic acid groups (broad SMARTS) is 1. The van der Waals surface area contributed by atoms with Crippen molar-refractivity contribution in [1.29, 1.82) is 0 Å². The van der Waals surface area contributed by atoms with Crippen molar-refractivity contribution in [2.45, 2.75) is 6.17 Å². The molecule has 13 heavy (non-hydrogen) atoms. The first-order valence-electron chi connectivity index (χ1n) is 3.20. The third kappa shape index (κ3) is 1.77. The van der Waals surface area contributed by atoms with Crippen LogP contribution in [0.1, 0.15) is 11.7 Å². The fraction of sp³-hybridized carbons (Fsp3) is 0.143. The van der Waals surface area contributed by atoms with E-state index in [0.717, 1.165) is 0 Å². The zero-order valence-corrected chi connectivity index (χ0v) is 6.17. The summed E-state index contributed by atoms with van der Waals surface area (Å²) >= 11 is 0. The summed E-state index contributed by atoms with van der Waals surface area (Å²) < 4.78 is 38.0. The monoisotopic (exact) mass is 191 g/mol. The lowest BCUT2D eigenvalue weighted by molar-refractivity contribution is -0.143. The third-order valence-electron chi connectivity index (χ3n) is 1.36. The molecule has 70 valence electrons. The first-order chi connectivity index (χ1) is 6.04. The second-order valence-corrected chi connectivity index (χ2v) is 2.22. The lowest BCUT2D eigenvalue weighted by atomic mass is 10.1. The molecule has 1 N–H and O–H groups in total. The van der Waals surface area contributed by atoms with Gasteiger partial charge < -0.3 is 5.11 Å². The summed E-state index contributed by atoms with van der Waals surface area (Å²) in [4.78, 5) is 13.2. The fourth-order valence-corrected chi connectivity index (χ4v) is 0.787. The van der Waals surface area contributed by atoms with Gasteiger partial charge in [0.2, 0.25) is 6.17 Å². The van der Waals surface area contributed by atoms with Crippen LogP contribution in [-0.2, 0) is 4.79 Å². The predicted molar refractivity (Wildman–Crippen MR) is 35.6 cm³/mol. The highest BCUT2D eigenvalue weighted by atomic mass is 19.2. The van der Waals surface area contributed by atoms with Crippen LogP contribution in [0.25, 0.3) is 0 Å². The van der Waals surface area contributed by atoms with Gasteiger partial charge in [-0.15, -0.1) is 0 Å². The summed E-state index contributed by atoms with van der Waals surface area (Å²) in [6.45, 7) is 0. The predicted octanol–water partition coefficient (Wildman–Crippen LogP) is 1.46. The van der Waals surface area contributed by atoms with E-state index in [1.54, 1.807) is 0 Å². The minimum Gasteiger partial charge on any atom is -0.479 e. The molecule has 6 heteroatoms. The van der Waals surface area contributed by atoms with Crippen LogP contribution in [0.4, 0.5) is 13.2 Å².